The second kappa shape index (κ2) is 6.70. The second-order valence-electron chi connectivity index (χ2n) is 3.76. The number of hydrogen-bond donors (Lipinski definition) is 1. The zero-order valence-electron chi connectivity index (χ0n) is 10.8. The van der Waals surface area contributed by atoms with E-state index in [2.05, 4.69) is 10.3 Å². The highest BCUT2D eigenvalue weighted by Crippen LogP contribution is 2.16. The van der Waals surface area contributed by atoms with Crippen molar-refractivity contribution in [3.05, 3.63) is 23.9 Å². The average Bonchev–Trinajstić information content (AvgIpc) is 2.36. The third-order valence-electron chi connectivity index (χ3n) is 2.37. The first-order valence-corrected chi connectivity index (χ1v) is 5.54. The summed E-state index contributed by atoms with van der Waals surface area (Å²) in [6, 6.07) is 3.51. The summed E-state index contributed by atoms with van der Waals surface area (Å²) in [6.45, 7) is 1.70. The predicted octanol–water partition coefficient (Wildman–Crippen LogP) is 0.327. The summed E-state index contributed by atoms with van der Waals surface area (Å²) in [6.07, 6.45) is 1.59. The molecule has 0 atom stereocenters. The molecular formula is C12H17N3O3. The first-order valence-electron chi connectivity index (χ1n) is 5.54. The second-order valence-corrected chi connectivity index (χ2v) is 3.76. The van der Waals surface area contributed by atoms with E-state index >= 15 is 0 Å². The molecule has 18 heavy (non-hydrogen) atoms. The molecule has 0 radical (unpaired) electrons. The molecule has 6 heteroatoms. The number of esters is 1. The van der Waals surface area contributed by atoms with Crippen molar-refractivity contribution >= 4 is 17.7 Å². The Morgan fingerprint density at radius 1 is 1.50 bits per heavy atom. The Kier molecular flexibility index (Phi) is 5.26. The molecule has 0 aromatic carbocycles. The van der Waals surface area contributed by atoms with E-state index < -0.39 is 0 Å². The van der Waals surface area contributed by atoms with E-state index in [-0.39, 0.29) is 25.0 Å². The Hall–Kier alpha value is -1.95. The standard InChI is InChI=1S/C12H17N3O3/c1-9(16)15(3)12-10(5-4-6-14-12)8-18-11(17)7-13-2/h4-6,13H,7-8H2,1-3H3. The van der Waals surface area contributed by atoms with Crippen molar-refractivity contribution in [1.82, 2.24) is 10.3 Å². The molecule has 0 saturated carbocycles. The van der Waals surface area contributed by atoms with Gasteiger partial charge in [-0.15, -0.1) is 0 Å². The molecule has 98 valence electrons. The van der Waals surface area contributed by atoms with Crippen LogP contribution in [-0.4, -0.2) is 37.5 Å². The molecule has 0 aliphatic heterocycles. The van der Waals surface area contributed by atoms with Crippen LogP contribution in [0.2, 0.25) is 0 Å². The van der Waals surface area contributed by atoms with E-state index in [9.17, 15) is 9.59 Å². The normalized spacial score (nSPS) is 9.94. The van der Waals surface area contributed by atoms with Crippen molar-refractivity contribution in [1.29, 1.82) is 0 Å². The smallest absolute Gasteiger partial charge is 0.320 e. The molecule has 0 fully saturated rings. The molecule has 0 bridgehead atoms. The average molecular weight is 251 g/mol. The lowest BCUT2D eigenvalue weighted by molar-refractivity contribution is -0.143. The summed E-state index contributed by atoms with van der Waals surface area (Å²) in [5.41, 5.74) is 0.694. The highest BCUT2D eigenvalue weighted by atomic mass is 16.5. The van der Waals surface area contributed by atoms with Crippen molar-refractivity contribution in [2.24, 2.45) is 0 Å². The number of pyridine rings is 1. The maximum atomic E-state index is 11.3. The number of nitrogens with one attached hydrogen (secondary N) is 1. The van der Waals surface area contributed by atoms with Crippen molar-refractivity contribution in [3.63, 3.8) is 0 Å². The fourth-order valence-corrected chi connectivity index (χ4v) is 1.35. The molecule has 1 aromatic heterocycles. The Morgan fingerprint density at radius 2 is 2.22 bits per heavy atom. The minimum absolute atomic E-state index is 0.0985. The summed E-state index contributed by atoms with van der Waals surface area (Å²) in [4.78, 5) is 28.1. The first-order chi connectivity index (χ1) is 8.56. The van der Waals surface area contributed by atoms with Gasteiger partial charge in [-0.3, -0.25) is 14.5 Å². The SMILES string of the molecule is CNCC(=O)OCc1cccnc1N(C)C(C)=O. The van der Waals surface area contributed by atoms with Gasteiger partial charge in [0.05, 0.1) is 6.54 Å². The molecule has 1 N–H and O–H groups in total. The lowest BCUT2D eigenvalue weighted by Crippen LogP contribution is -2.26. The zero-order chi connectivity index (χ0) is 13.5. The third kappa shape index (κ3) is 3.81. The van der Waals surface area contributed by atoms with E-state index in [1.54, 1.807) is 32.4 Å². The lowest BCUT2D eigenvalue weighted by Gasteiger charge is -2.17. The molecule has 1 amide bonds. The highest BCUT2D eigenvalue weighted by Gasteiger charge is 2.13. The molecule has 0 spiro atoms. The number of anilines is 1. The van der Waals surface area contributed by atoms with E-state index in [1.807, 2.05) is 0 Å². The molecule has 0 aliphatic carbocycles. The van der Waals surface area contributed by atoms with Gasteiger partial charge >= 0.3 is 5.97 Å². The molecule has 1 heterocycles. The van der Waals surface area contributed by atoms with Gasteiger partial charge in [-0.2, -0.15) is 0 Å². The van der Waals surface area contributed by atoms with Crippen LogP contribution in [0.25, 0.3) is 0 Å². The summed E-state index contributed by atoms with van der Waals surface area (Å²) in [5.74, 6) is 0.0246. The maximum Gasteiger partial charge on any atom is 0.320 e. The van der Waals surface area contributed by atoms with Crippen LogP contribution in [0.4, 0.5) is 5.82 Å². The molecular weight excluding hydrogens is 234 g/mol. The quantitative estimate of drug-likeness (QED) is 0.763. The maximum absolute atomic E-state index is 11.3. The number of ether oxygens (including phenoxy) is 1. The van der Waals surface area contributed by atoms with E-state index in [1.165, 1.54) is 11.8 Å². The van der Waals surface area contributed by atoms with Crippen molar-refractivity contribution in [2.75, 3.05) is 25.5 Å². The summed E-state index contributed by atoms with van der Waals surface area (Å²) in [5, 5.41) is 2.70. The minimum atomic E-state index is -0.349. The van der Waals surface area contributed by atoms with Crippen LogP contribution < -0.4 is 10.2 Å². The van der Waals surface area contributed by atoms with Crippen molar-refractivity contribution in [3.8, 4) is 0 Å². The van der Waals surface area contributed by atoms with Crippen LogP contribution in [0.1, 0.15) is 12.5 Å². The molecule has 1 rings (SSSR count). The topological polar surface area (TPSA) is 71.5 Å². The van der Waals surface area contributed by atoms with Gasteiger partial charge in [-0.25, -0.2) is 4.98 Å². The van der Waals surface area contributed by atoms with Crippen LogP contribution in [0.15, 0.2) is 18.3 Å². The fraction of sp³-hybridized carbons (Fsp3) is 0.417. The van der Waals surface area contributed by atoms with Crippen LogP contribution in [0, 0.1) is 0 Å². The Bertz CT molecular complexity index is 434. The van der Waals surface area contributed by atoms with Gasteiger partial charge in [0, 0.05) is 25.7 Å². The molecule has 6 nitrogen and oxygen atoms in total. The van der Waals surface area contributed by atoms with Gasteiger partial charge < -0.3 is 10.1 Å². The Morgan fingerprint density at radius 3 is 2.83 bits per heavy atom. The van der Waals surface area contributed by atoms with Crippen molar-refractivity contribution in [2.45, 2.75) is 13.5 Å². The highest BCUT2D eigenvalue weighted by molar-refractivity contribution is 5.90. The minimum Gasteiger partial charge on any atom is -0.460 e. The molecule has 1 aromatic rings. The largest absolute Gasteiger partial charge is 0.460 e. The number of carbonyl (C=O) groups is 2. The van der Waals surface area contributed by atoms with Crippen LogP contribution in [0.3, 0.4) is 0 Å². The van der Waals surface area contributed by atoms with E-state index in [0.717, 1.165) is 0 Å². The molecule has 0 aliphatic rings. The van der Waals surface area contributed by atoms with Crippen LogP contribution >= 0.6 is 0 Å². The number of nitrogens with zero attached hydrogens (tertiary/aromatic N) is 2. The number of aromatic nitrogens is 1. The number of amides is 1. The fourth-order valence-electron chi connectivity index (χ4n) is 1.35. The first kappa shape index (κ1) is 14.1. The summed E-state index contributed by atoms with van der Waals surface area (Å²) >= 11 is 0. The molecule has 0 saturated heterocycles. The van der Waals surface area contributed by atoms with Gasteiger partial charge in [0.25, 0.3) is 0 Å². The van der Waals surface area contributed by atoms with Gasteiger partial charge in [0.15, 0.2) is 0 Å². The summed E-state index contributed by atoms with van der Waals surface area (Å²) < 4.78 is 5.06. The van der Waals surface area contributed by atoms with E-state index in [4.69, 9.17) is 4.74 Å². The Labute approximate surface area is 106 Å². The number of likely N-dealkylation sites (N-methyl/N-ethyl adjacent to an activating group) is 1. The predicted molar refractivity (Wildman–Crippen MR) is 67.0 cm³/mol. The number of carbonyl (C=O) groups excluding carboxylic acids is 2. The van der Waals surface area contributed by atoms with Crippen LogP contribution in [-0.2, 0) is 20.9 Å². The van der Waals surface area contributed by atoms with Crippen LogP contribution in [0.5, 0.6) is 0 Å². The van der Waals surface area contributed by atoms with E-state index in [0.29, 0.717) is 11.4 Å². The third-order valence-corrected chi connectivity index (χ3v) is 2.37. The zero-order valence-corrected chi connectivity index (χ0v) is 10.8. The van der Waals surface area contributed by atoms with Gasteiger partial charge in [0.1, 0.15) is 12.4 Å². The monoisotopic (exact) mass is 251 g/mol. The van der Waals surface area contributed by atoms with Gasteiger partial charge in [-0.1, -0.05) is 6.07 Å². The van der Waals surface area contributed by atoms with Crippen molar-refractivity contribution < 1.29 is 14.3 Å². The molecule has 0 unspecified atom stereocenters. The van der Waals surface area contributed by atoms with Gasteiger partial charge in [-0.05, 0) is 13.1 Å². The summed E-state index contributed by atoms with van der Waals surface area (Å²) in [7, 11) is 3.30. The number of rotatable bonds is 5. The number of hydrogen-bond acceptors (Lipinski definition) is 5. The lowest BCUT2D eigenvalue weighted by atomic mass is 10.2. The van der Waals surface area contributed by atoms with Gasteiger partial charge in [0.2, 0.25) is 5.91 Å². The Balaban J connectivity index is 2.76.